The maximum absolute atomic E-state index is 14.8. The number of methoxy groups -OCH3 is 3. The van der Waals surface area contributed by atoms with Crippen LogP contribution in [0.3, 0.4) is 0 Å². The number of hydrogen-bond donors (Lipinski definition) is 1. The van der Waals surface area contributed by atoms with Crippen LogP contribution in [-0.2, 0) is 22.6 Å². The third-order valence-corrected chi connectivity index (χ3v) is 12.6. The minimum absolute atomic E-state index is 0. The van der Waals surface area contributed by atoms with E-state index < -0.39 is 17.8 Å². The van der Waals surface area contributed by atoms with Crippen LogP contribution >= 0.6 is 35.6 Å². The number of carbonyl (C=O) groups is 2. The molecule has 10 rings (SSSR count). The third-order valence-electron chi connectivity index (χ3n) is 11.9. The van der Waals surface area contributed by atoms with Gasteiger partial charge in [0.2, 0.25) is 5.88 Å². The normalized spacial score (nSPS) is 11.1. The number of esters is 2. The first-order valence-corrected chi connectivity index (χ1v) is 22.1. The van der Waals surface area contributed by atoms with E-state index in [1.165, 1.54) is 39.7 Å². The topological polar surface area (TPSA) is 143 Å². The molecule has 0 aliphatic rings. The van der Waals surface area contributed by atoms with Crippen LogP contribution in [0, 0.1) is 25.5 Å². The fourth-order valence-electron chi connectivity index (χ4n) is 8.64. The number of halogens is 5. The number of benzene rings is 4. The van der Waals surface area contributed by atoms with Gasteiger partial charge in [-0.15, -0.1) is 12.4 Å². The second-order valence-corrected chi connectivity index (χ2v) is 16.8. The lowest BCUT2D eigenvalue weighted by atomic mass is 10.0. The zero-order chi connectivity index (χ0) is 48.7. The van der Waals surface area contributed by atoms with Crippen LogP contribution in [0.5, 0.6) is 5.88 Å². The molecule has 0 unspecified atom stereocenters. The molecule has 70 heavy (non-hydrogen) atoms. The average Bonchev–Trinajstić information content (AvgIpc) is 3.82. The molecule has 6 aromatic heterocycles. The van der Waals surface area contributed by atoms with E-state index in [1.807, 2.05) is 60.7 Å². The second-order valence-electron chi connectivity index (χ2n) is 16.1. The molecule has 17 heteroatoms. The van der Waals surface area contributed by atoms with Crippen LogP contribution in [-0.4, -0.2) is 62.3 Å². The molecule has 0 aliphatic carbocycles. The molecule has 12 nitrogen and oxygen atoms in total. The Balaban J connectivity index is 0.000000186. The van der Waals surface area contributed by atoms with E-state index in [4.69, 9.17) is 37.4 Å². The Bertz CT molecular complexity index is 3760. The molecule has 0 amide bonds. The number of H-pyrrole nitrogens is 1. The first kappa shape index (κ1) is 48.8. The molecule has 0 aliphatic heterocycles. The summed E-state index contributed by atoms with van der Waals surface area (Å²) < 4.78 is 48.6. The molecule has 0 bridgehead atoms. The van der Waals surface area contributed by atoms with E-state index in [-0.39, 0.29) is 59.0 Å². The number of fused-ring (bicyclic) bond motifs is 4. The molecular weight excluding hydrogens is 961 g/mol. The highest BCUT2D eigenvalue weighted by Crippen LogP contribution is 2.41. The molecule has 0 fully saturated rings. The van der Waals surface area contributed by atoms with Crippen LogP contribution in [0.25, 0.3) is 65.9 Å². The van der Waals surface area contributed by atoms with Crippen molar-refractivity contribution in [3.05, 3.63) is 188 Å². The number of aromatic amines is 1. The smallest absolute Gasteiger partial charge is 0.355 e. The molecule has 1 N–H and O–H groups in total. The Kier molecular flexibility index (Phi) is 14.0. The summed E-state index contributed by atoms with van der Waals surface area (Å²) in [6, 6.07) is 31.9. The molecule has 354 valence electrons. The lowest BCUT2D eigenvalue weighted by Gasteiger charge is -2.13. The lowest BCUT2D eigenvalue weighted by molar-refractivity contribution is 0.0581. The van der Waals surface area contributed by atoms with Gasteiger partial charge < -0.3 is 28.3 Å². The SMILES string of the molecule is COC(=O)c1c(-c2ccc[nH]c2=O)c2cc(C)c(F)cc2n1Cc1cc2ccccc2nc1Cl.COC(=O)c1c(-c2cccnc2OC)c2cc(C)c(F)cc2n1Cc1cc2ccccc2nc1Cl.Cl. The molecule has 4 aromatic carbocycles. The highest BCUT2D eigenvalue weighted by molar-refractivity contribution is 6.31. The molecule has 0 saturated heterocycles. The number of para-hydroxylation sites is 2. The minimum Gasteiger partial charge on any atom is -0.481 e. The van der Waals surface area contributed by atoms with E-state index in [1.54, 1.807) is 65.6 Å². The maximum atomic E-state index is 14.8. The summed E-state index contributed by atoms with van der Waals surface area (Å²) in [5, 5.41) is 3.57. The zero-order valence-electron chi connectivity index (χ0n) is 38.1. The van der Waals surface area contributed by atoms with Crippen molar-refractivity contribution in [2.75, 3.05) is 21.3 Å². The van der Waals surface area contributed by atoms with Crippen molar-refractivity contribution < 1.29 is 32.6 Å². The largest absolute Gasteiger partial charge is 0.481 e. The quantitative estimate of drug-likeness (QED) is 0.110. The lowest BCUT2D eigenvalue weighted by Crippen LogP contribution is -2.15. The van der Waals surface area contributed by atoms with Gasteiger partial charge in [0.05, 0.1) is 56.5 Å². The van der Waals surface area contributed by atoms with Crippen LogP contribution < -0.4 is 10.3 Å². The van der Waals surface area contributed by atoms with E-state index in [9.17, 15) is 23.2 Å². The number of nitrogens with one attached hydrogen (secondary N) is 1. The molecule has 0 atom stereocenters. The number of ether oxygens (including phenoxy) is 3. The van der Waals surface area contributed by atoms with E-state index in [0.717, 1.165) is 21.8 Å². The number of pyridine rings is 4. The molecular formula is C53H41Cl3F2N6O6. The minimum atomic E-state index is -0.655. The van der Waals surface area contributed by atoms with Gasteiger partial charge in [0.25, 0.3) is 5.56 Å². The van der Waals surface area contributed by atoms with Crippen molar-refractivity contribution in [3.8, 4) is 28.1 Å². The van der Waals surface area contributed by atoms with Crippen molar-refractivity contribution in [3.63, 3.8) is 0 Å². The van der Waals surface area contributed by atoms with Crippen molar-refractivity contribution in [1.82, 2.24) is 29.1 Å². The van der Waals surface area contributed by atoms with Crippen LogP contribution in [0.4, 0.5) is 8.78 Å². The standard InChI is InChI=1S/C27H21ClFN3O3.C26H19ClFN3O3.ClH/c1-15-11-19-22(13-20(15)29)32(14-17-12-16-7-4-5-9-21(16)31-25(17)28)24(27(33)35-3)23(19)18-8-6-10-30-26(18)34-2;1-14-10-18-21(12-19(14)28)31(13-16-11-15-6-3-4-8-20(15)30-24(16)27)23(26(33)34-2)22(18)17-7-5-9-29-25(17)32;/h4-13H,14H2,1-3H3;3-12H,13H2,1-2H3,(H,29,32);1H. The van der Waals surface area contributed by atoms with Gasteiger partial charge in [-0.05, 0) is 97.8 Å². The van der Waals surface area contributed by atoms with Crippen molar-refractivity contribution in [1.29, 1.82) is 0 Å². The number of nitrogens with zero attached hydrogens (tertiary/aromatic N) is 5. The monoisotopic (exact) mass is 1000 g/mol. The van der Waals surface area contributed by atoms with E-state index >= 15 is 0 Å². The van der Waals surface area contributed by atoms with Gasteiger partial charge in [0.15, 0.2) is 0 Å². The second kappa shape index (κ2) is 20.1. The van der Waals surface area contributed by atoms with Gasteiger partial charge >= 0.3 is 11.9 Å². The van der Waals surface area contributed by atoms with E-state index in [0.29, 0.717) is 71.8 Å². The summed E-state index contributed by atoms with van der Waals surface area (Å²) in [6.45, 7) is 3.60. The molecule has 0 radical (unpaired) electrons. The van der Waals surface area contributed by atoms with Gasteiger partial charge in [0, 0.05) is 67.3 Å². The Morgan fingerprint density at radius 1 is 0.643 bits per heavy atom. The number of hydrogen-bond acceptors (Lipinski definition) is 9. The Labute approximate surface area is 414 Å². The predicted molar refractivity (Wildman–Crippen MR) is 271 cm³/mol. The van der Waals surface area contributed by atoms with Gasteiger partial charge in [-0.2, -0.15) is 0 Å². The number of aryl methyl sites for hydroxylation is 2. The zero-order valence-corrected chi connectivity index (χ0v) is 40.4. The first-order valence-electron chi connectivity index (χ1n) is 21.4. The van der Waals surface area contributed by atoms with Crippen LogP contribution in [0.1, 0.15) is 43.2 Å². The highest BCUT2D eigenvalue weighted by Gasteiger charge is 2.30. The Morgan fingerprint density at radius 3 is 1.59 bits per heavy atom. The fraction of sp³-hybridized carbons (Fsp3) is 0.132. The number of carbonyl (C=O) groups excluding carboxylic acids is 2. The van der Waals surface area contributed by atoms with Crippen LogP contribution in [0.2, 0.25) is 10.3 Å². The summed E-state index contributed by atoms with van der Waals surface area (Å²) in [4.78, 5) is 54.9. The summed E-state index contributed by atoms with van der Waals surface area (Å²) >= 11 is 13.1. The van der Waals surface area contributed by atoms with Crippen molar-refractivity contribution >= 4 is 91.2 Å². The highest BCUT2D eigenvalue weighted by atomic mass is 35.5. The molecule has 0 spiro atoms. The number of rotatable bonds is 9. The number of aromatic nitrogens is 6. The summed E-state index contributed by atoms with van der Waals surface area (Å²) in [6.07, 6.45) is 3.11. The predicted octanol–water partition coefficient (Wildman–Crippen LogP) is 12.1. The molecule has 6 heterocycles. The van der Waals surface area contributed by atoms with Crippen molar-refractivity contribution in [2.24, 2.45) is 0 Å². The summed E-state index contributed by atoms with van der Waals surface area (Å²) in [5.41, 5.74) is 6.37. The summed E-state index contributed by atoms with van der Waals surface area (Å²) in [7, 11) is 4.08. The van der Waals surface area contributed by atoms with Crippen LogP contribution in [0.15, 0.2) is 126 Å². The van der Waals surface area contributed by atoms with E-state index in [2.05, 4.69) is 19.9 Å². The van der Waals surface area contributed by atoms with Gasteiger partial charge in [-0.3, -0.25) is 4.79 Å². The van der Waals surface area contributed by atoms with Crippen molar-refractivity contribution in [2.45, 2.75) is 26.9 Å². The third kappa shape index (κ3) is 8.92. The maximum Gasteiger partial charge on any atom is 0.355 e. The Morgan fingerprint density at radius 2 is 1.11 bits per heavy atom. The molecule has 10 aromatic rings. The van der Waals surface area contributed by atoms with Gasteiger partial charge in [0.1, 0.15) is 33.3 Å². The van der Waals surface area contributed by atoms with Gasteiger partial charge in [-0.1, -0.05) is 59.6 Å². The first-order chi connectivity index (χ1) is 33.3. The summed E-state index contributed by atoms with van der Waals surface area (Å²) in [5.74, 6) is -1.72. The Hall–Kier alpha value is -7.65. The fourth-order valence-corrected chi connectivity index (χ4v) is 9.05. The molecule has 0 saturated carbocycles. The van der Waals surface area contributed by atoms with Gasteiger partial charge in [-0.25, -0.2) is 33.3 Å². The average molecular weight is 1000 g/mol.